The Balaban J connectivity index is 1.92. The number of ether oxygens (including phenoxy) is 1. The molecule has 1 aliphatic carbocycles. The number of rotatable bonds is 7. The second-order valence-electron chi connectivity index (χ2n) is 7.61. The molecule has 1 aliphatic rings. The molecular weight excluding hydrogens is 340 g/mol. The second kappa shape index (κ2) is 8.38. The molecule has 142 valence electrons. The molecule has 4 heteroatoms. The van der Waals surface area contributed by atoms with E-state index >= 15 is 0 Å². The lowest BCUT2D eigenvalue weighted by Gasteiger charge is -2.49. The van der Waals surface area contributed by atoms with E-state index < -0.39 is 17.8 Å². The summed E-state index contributed by atoms with van der Waals surface area (Å²) in [5, 5.41) is 9.89. The van der Waals surface area contributed by atoms with Crippen LogP contribution in [0.4, 0.5) is 0 Å². The highest BCUT2D eigenvalue weighted by atomic mass is 16.5. The number of carboxylic acid groups (broad SMARTS) is 1. The van der Waals surface area contributed by atoms with Gasteiger partial charge in [-0.15, -0.1) is 0 Å². The van der Waals surface area contributed by atoms with Crippen molar-refractivity contribution in [2.24, 2.45) is 17.8 Å². The minimum Gasteiger partial charge on any atom is -0.481 e. The highest BCUT2D eigenvalue weighted by Crippen LogP contribution is 2.58. The molecule has 0 bridgehead atoms. The number of aliphatic carboxylic acids is 1. The number of benzene rings is 2. The van der Waals surface area contributed by atoms with Gasteiger partial charge in [0, 0.05) is 11.8 Å². The molecule has 1 N–H and O–H groups in total. The van der Waals surface area contributed by atoms with Crippen LogP contribution in [0.1, 0.15) is 43.2 Å². The van der Waals surface area contributed by atoms with Crippen LogP contribution in [-0.2, 0) is 14.3 Å². The monoisotopic (exact) mass is 366 g/mol. The van der Waals surface area contributed by atoms with Gasteiger partial charge in [0.1, 0.15) is 0 Å². The quantitative estimate of drug-likeness (QED) is 0.734. The van der Waals surface area contributed by atoms with E-state index in [2.05, 4.69) is 13.8 Å². The largest absolute Gasteiger partial charge is 0.481 e. The molecular formula is C23H26O4. The molecule has 0 unspecified atom stereocenters. The summed E-state index contributed by atoms with van der Waals surface area (Å²) in [5.41, 5.74) is 1.76. The van der Waals surface area contributed by atoms with Crippen LogP contribution in [0.5, 0.6) is 0 Å². The van der Waals surface area contributed by atoms with Crippen LogP contribution in [-0.4, -0.2) is 23.7 Å². The number of carbonyl (C=O) groups is 2. The average Bonchev–Trinajstić information content (AvgIpc) is 2.62. The van der Waals surface area contributed by atoms with Crippen LogP contribution in [0.15, 0.2) is 60.7 Å². The first kappa shape index (κ1) is 19.2. The lowest BCUT2D eigenvalue weighted by Crippen LogP contribution is -2.51. The molecule has 2 aromatic rings. The van der Waals surface area contributed by atoms with Gasteiger partial charge >= 0.3 is 11.9 Å². The minimum absolute atomic E-state index is 0.296. The van der Waals surface area contributed by atoms with E-state index in [1.807, 2.05) is 60.7 Å². The third kappa shape index (κ3) is 4.05. The number of carbonyl (C=O) groups excluding carboxylic acids is 1. The molecule has 0 saturated heterocycles. The predicted molar refractivity (Wildman–Crippen MR) is 103 cm³/mol. The highest BCUT2D eigenvalue weighted by molar-refractivity contribution is 5.84. The zero-order chi connectivity index (χ0) is 19.4. The Labute approximate surface area is 160 Å². The first-order valence-electron chi connectivity index (χ1n) is 9.50. The minimum atomic E-state index is -0.871. The molecule has 0 aliphatic heterocycles. The molecule has 1 saturated carbocycles. The van der Waals surface area contributed by atoms with E-state index in [9.17, 15) is 14.7 Å². The van der Waals surface area contributed by atoms with Crippen molar-refractivity contribution in [3.63, 3.8) is 0 Å². The number of esters is 1. The van der Waals surface area contributed by atoms with Crippen molar-refractivity contribution in [1.29, 1.82) is 0 Å². The zero-order valence-corrected chi connectivity index (χ0v) is 15.7. The van der Waals surface area contributed by atoms with Crippen LogP contribution in [0.2, 0.25) is 0 Å². The maximum Gasteiger partial charge on any atom is 0.310 e. The van der Waals surface area contributed by atoms with Crippen LogP contribution in [0, 0.1) is 17.8 Å². The topological polar surface area (TPSA) is 63.6 Å². The molecule has 2 atom stereocenters. The van der Waals surface area contributed by atoms with Crippen molar-refractivity contribution in [2.45, 2.75) is 32.1 Å². The fourth-order valence-corrected chi connectivity index (χ4v) is 4.02. The molecule has 0 radical (unpaired) electrons. The van der Waals surface area contributed by atoms with Gasteiger partial charge in [-0.3, -0.25) is 9.59 Å². The molecule has 0 aromatic heterocycles. The molecule has 0 amide bonds. The second-order valence-corrected chi connectivity index (χ2v) is 7.61. The van der Waals surface area contributed by atoms with E-state index in [4.69, 9.17) is 4.74 Å². The summed E-state index contributed by atoms with van der Waals surface area (Å²) >= 11 is 0. The Morgan fingerprint density at radius 2 is 1.37 bits per heavy atom. The van der Waals surface area contributed by atoms with E-state index in [1.54, 1.807) is 0 Å². The van der Waals surface area contributed by atoms with Gasteiger partial charge in [0.25, 0.3) is 0 Å². The van der Waals surface area contributed by atoms with Crippen LogP contribution >= 0.6 is 0 Å². The third-order valence-corrected chi connectivity index (χ3v) is 5.41. The van der Waals surface area contributed by atoms with Crippen molar-refractivity contribution >= 4 is 11.9 Å². The van der Waals surface area contributed by atoms with E-state index in [1.165, 1.54) is 0 Å². The van der Waals surface area contributed by atoms with Gasteiger partial charge in [0.15, 0.2) is 0 Å². The van der Waals surface area contributed by atoms with Crippen LogP contribution < -0.4 is 0 Å². The number of hydrogen-bond donors (Lipinski definition) is 1. The summed E-state index contributed by atoms with van der Waals surface area (Å²) in [5.74, 6) is -2.60. The lowest BCUT2D eigenvalue weighted by atomic mass is 9.52. The maximum atomic E-state index is 12.9. The van der Waals surface area contributed by atoms with Crippen molar-refractivity contribution in [2.75, 3.05) is 6.61 Å². The fraction of sp³-hybridized carbons (Fsp3) is 0.391. The van der Waals surface area contributed by atoms with Gasteiger partial charge in [-0.25, -0.2) is 0 Å². The Hall–Kier alpha value is -2.62. The SMILES string of the molecule is CC(C)CCOC(=O)C1[C@H](c2ccccc2)C(C(=O)O)[C@H]1c1ccccc1. The third-order valence-electron chi connectivity index (χ3n) is 5.41. The first-order chi connectivity index (χ1) is 13.0. The van der Waals surface area contributed by atoms with Gasteiger partial charge in [-0.05, 0) is 23.5 Å². The Kier molecular flexibility index (Phi) is 5.94. The van der Waals surface area contributed by atoms with E-state index in [-0.39, 0.29) is 17.8 Å². The summed E-state index contributed by atoms with van der Waals surface area (Å²) in [4.78, 5) is 25.0. The molecule has 0 spiro atoms. The van der Waals surface area contributed by atoms with Gasteiger partial charge in [0.2, 0.25) is 0 Å². The van der Waals surface area contributed by atoms with Crippen LogP contribution in [0.3, 0.4) is 0 Å². The predicted octanol–water partition coefficient (Wildman–Crippen LogP) is 4.47. The van der Waals surface area contributed by atoms with Crippen molar-refractivity contribution < 1.29 is 19.4 Å². The summed E-state index contributed by atoms with van der Waals surface area (Å²) in [7, 11) is 0. The molecule has 1 fully saturated rings. The molecule has 4 nitrogen and oxygen atoms in total. The molecule has 27 heavy (non-hydrogen) atoms. The number of hydrogen-bond acceptors (Lipinski definition) is 3. The summed E-state index contributed by atoms with van der Waals surface area (Å²) < 4.78 is 5.56. The Bertz CT molecular complexity index is 722. The van der Waals surface area contributed by atoms with Crippen molar-refractivity contribution in [1.82, 2.24) is 0 Å². The first-order valence-corrected chi connectivity index (χ1v) is 9.50. The highest BCUT2D eigenvalue weighted by Gasteiger charge is 2.59. The van der Waals surface area contributed by atoms with Crippen molar-refractivity contribution in [3.8, 4) is 0 Å². The maximum absolute atomic E-state index is 12.9. The lowest BCUT2D eigenvalue weighted by molar-refractivity contribution is -0.164. The number of carboxylic acids is 1. The van der Waals surface area contributed by atoms with Crippen molar-refractivity contribution in [3.05, 3.63) is 71.8 Å². The summed E-state index contributed by atoms with van der Waals surface area (Å²) in [6.07, 6.45) is 0.798. The van der Waals surface area contributed by atoms with E-state index in [0.717, 1.165) is 17.5 Å². The average molecular weight is 366 g/mol. The Morgan fingerprint density at radius 1 is 0.889 bits per heavy atom. The van der Waals surface area contributed by atoms with Crippen LogP contribution in [0.25, 0.3) is 0 Å². The molecule has 3 rings (SSSR count). The standard InChI is InChI=1S/C23H26O4/c1-15(2)13-14-27-23(26)21-18(16-9-5-3-6-10-16)20(22(24)25)19(21)17-11-7-4-8-12-17/h3-12,15,18-21H,13-14H2,1-2H3,(H,24,25)/t18-,19-,20?,21?/m1/s1. The normalized spacial score (nSPS) is 24.3. The zero-order valence-electron chi connectivity index (χ0n) is 15.7. The molecule has 2 aromatic carbocycles. The fourth-order valence-electron chi connectivity index (χ4n) is 4.02. The van der Waals surface area contributed by atoms with E-state index in [0.29, 0.717) is 12.5 Å². The molecule has 0 heterocycles. The Morgan fingerprint density at radius 3 is 1.78 bits per heavy atom. The van der Waals surface area contributed by atoms with Gasteiger partial charge in [0.05, 0.1) is 18.4 Å². The van der Waals surface area contributed by atoms with Gasteiger partial charge in [-0.2, -0.15) is 0 Å². The van der Waals surface area contributed by atoms with Gasteiger partial charge < -0.3 is 9.84 Å². The van der Waals surface area contributed by atoms with Gasteiger partial charge in [-0.1, -0.05) is 74.5 Å². The summed E-state index contributed by atoms with van der Waals surface area (Å²) in [6.45, 7) is 4.53. The summed E-state index contributed by atoms with van der Waals surface area (Å²) in [6, 6.07) is 18.9. The smallest absolute Gasteiger partial charge is 0.310 e.